The molecule has 0 saturated heterocycles. The van der Waals surface area contributed by atoms with Crippen LogP contribution in [0.25, 0.3) is 0 Å². The third-order valence-corrected chi connectivity index (χ3v) is 7.15. The van der Waals surface area contributed by atoms with Crippen LogP contribution in [0.1, 0.15) is 47.2 Å². The Labute approximate surface area is 153 Å². The van der Waals surface area contributed by atoms with Crippen molar-refractivity contribution in [3.05, 3.63) is 21.0 Å². The van der Waals surface area contributed by atoms with Crippen LogP contribution in [0.4, 0.5) is 5.00 Å². The number of fused-ring (bicyclic) bond motifs is 1. The van der Waals surface area contributed by atoms with Gasteiger partial charge in [-0.15, -0.1) is 21.5 Å². The van der Waals surface area contributed by atoms with E-state index in [1.165, 1.54) is 34.4 Å². The average Bonchev–Trinajstić information content (AvgIpc) is 3.02. The molecule has 1 aliphatic carbocycles. The van der Waals surface area contributed by atoms with E-state index in [0.29, 0.717) is 10.6 Å². The third-order valence-electron chi connectivity index (χ3n) is 3.92. The number of amides is 1. The average molecular weight is 379 g/mol. The molecule has 126 valence electrons. The van der Waals surface area contributed by atoms with Gasteiger partial charge in [-0.2, -0.15) is 5.26 Å². The predicted molar refractivity (Wildman–Crippen MR) is 98.9 cm³/mol. The molecule has 3 rings (SSSR count). The highest BCUT2D eigenvalue weighted by Gasteiger charge is 2.23. The van der Waals surface area contributed by atoms with Gasteiger partial charge < -0.3 is 5.32 Å². The summed E-state index contributed by atoms with van der Waals surface area (Å²) in [5.41, 5.74) is 1.81. The summed E-state index contributed by atoms with van der Waals surface area (Å²) in [6.07, 6.45) is 5.45. The van der Waals surface area contributed by atoms with Gasteiger partial charge in [0, 0.05) is 4.88 Å². The molecule has 8 heteroatoms. The first-order chi connectivity index (χ1) is 11.6. The number of anilines is 1. The molecule has 2 aromatic heterocycles. The molecular weight excluding hydrogens is 360 g/mol. The Kier molecular flexibility index (Phi) is 5.54. The number of nitrogens with one attached hydrogen (secondary N) is 1. The Morgan fingerprint density at radius 2 is 2.08 bits per heavy atom. The minimum absolute atomic E-state index is 0.0965. The predicted octanol–water partition coefficient (Wildman–Crippen LogP) is 4.17. The third kappa shape index (κ3) is 3.79. The smallest absolute Gasteiger partial charge is 0.238 e. The maximum atomic E-state index is 12.5. The van der Waals surface area contributed by atoms with Crippen molar-refractivity contribution in [1.82, 2.24) is 10.2 Å². The van der Waals surface area contributed by atoms with Gasteiger partial charge in [-0.1, -0.05) is 29.5 Å². The number of carbonyl (C=O) groups excluding carboxylic acids is 1. The van der Waals surface area contributed by atoms with Crippen LogP contribution in [0.3, 0.4) is 0 Å². The summed E-state index contributed by atoms with van der Waals surface area (Å²) in [6.45, 7) is 3.74. The molecule has 1 amide bonds. The maximum Gasteiger partial charge on any atom is 0.238 e. The molecule has 0 fully saturated rings. The second-order valence-corrected chi connectivity index (χ2v) is 9.59. The van der Waals surface area contributed by atoms with Crippen LogP contribution in [-0.4, -0.2) is 21.4 Å². The number of thioether (sulfide) groups is 1. The summed E-state index contributed by atoms with van der Waals surface area (Å²) in [5, 5.41) is 21.8. The van der Waals surface area contributed by atoms with Crippen molar-refractivity contribution < 1.29 is 4.79 Å². The van der Waals surface area contributed by atoms with Crippen molar-refractivity contribution in [2.75, 3.05) is 5.32 Å². The van der Waals surface area contributed by atoms with Crippen molar-refractivity contribution in [2.24, 2.45) is 0 Å². The lowest BCUT2D eigenvalue weighted by Crippen LogP contribution is -2.22. The number of rotatable bonds is 4. The molecule has 0 saturated carbocycles. The first-order valence-corrected chi connectivity index (χ1v) is 10.4. The Balaban J connectivity index is 1.73. The number of nitrogens with zero attached hydrogens (tertiary/aromatic N) is 3. The van der Waals surface area contributed by atoms with E-state index in [1.807, 2.05) is 13.8 Å². The van der Waals surface area contributed by atoms with E-state index in [1.54, 1.807) is 11.3 Å². The first kappa shape index (κ1) is 17.4. The van der Waals surface area contributed by atoms with Gasteiger partial charge in [0.15, 0.2) is 4.34 Å². The number of hydrogen-bond acceptors (Lipinski definition) is 7. The van der Waals surface area contributed by atoms with Gasteiger partial charge in [-0.3, -0.25) is 4.79 Å². The van der Waals surface area contributed by atoms with Gasteiger partial charge in [0.25, 0.3) is 0 Å². The molecule has 2 aromatic rings. The molecule has 0 radical (unpaired) electrons. The number of hydrogen-bond donors (Lipinski definition) is 1. The van der Waals surface area contributed by atoms with E-state index in [4.69, 9.17) is 0 Å². The Morgan fingerprint density at radius 1 is 1.29 bits per heavy atom. The molecule has 0 bridgehead atoms. The Bertz CT molecular complexity index is 790. The van der Waals surface area contributed by atoms with Crippen LogP contribution in [0.5, 0.6) is 0 Å². The van der Waals surface area contributed by atoms with Crippen molar-refractivity contribution in [3.63, 3.8) is 0 Å². The number of thiophene rings is 1. The second-order valence-electron chi connectivity index (χ2n) is 5.72. The van der Waals surface area contributed by atoms with Crippen molar-refractivity contribution in [1.29, 1.82) is 5.26 Å². The molecular formula is C16H18N4OS3. The highest BCUT2D eigenvalue weighted by atomic mass is 32.2. The molecule has 24 heavy (non-hydrogen) atoms. The van der Waals surface area contributed by atoms with Gasteiger partial charge in [0.2, 0.25) is 5.91 Å². The molecule has 1 N–H and O–H groups in total. The maximum absolute atomic E-state index is 12.5. The van der Waals surface area contributed by atoms with E-state index in [0.717, 1.165) is 40.6 Å². The zero-order chi connectivity index (χ0) is 17.1. The van der Waals surface area contributed by atoms with Crippen molar-refractivity contribution in [2.45, 2.75) is 55.5 Å². The fraction of sp³-hybridized carbons (Fsp3) is 0.500. The van der Waals surface area contributed by atoms with Crippen molar-refractivity contribution >= 4 is 45.3 Å². The van der Waals surface area contributed by atoms with E-state index in [9.17, 15) is 10.1 Å². The number of aryl methyl sites for hydroxylation is 2. The summed E-state index contributed by atoms with van der Waals surface area (Å²) in [7, 11) is 0. The van der Waals surface area contributed by atoms with Gasteiger partial charge in [-0.05, 0) is 45.1 Å². The van der Waals surface area contributed by atoms with Crippen molar-refractivity contribution in [3.8, 4) is 6.07 Å². The van der Waals surface area contributed by atoms with Crippen LogP contribution in [0.15, 0.2) is 4.34 Å². The van der Waals surface area contributed by atoms with Crippen LogP contribution < -0.4 is 5.32 Å². The molecule has 1 atom stereocenters. The number of aromatic nitrogens is 2. The minimum atomic E-state index is -0.286. The largest absolute Gasteiger partial charge is 0.316 e. The summed E-state index contributed by atoms with van der Waals surface area (Å²) in [5.74, 6) is -0.0965. The van der Waals surface area contributed by atoms with Gasteiger partial charge in [-0.25, -0.2) is 0 Å². The quantitative estimate of drug-likeness (QED) is 0.638. The standard InChI is InChI=1S/C16H18N4OS3/c1-9(22-16-20-19-10(2)23-16)14(21)18-15-12(8-17)11-6-4-3-5-7-13(11)24-15/h9H,3-7H2,1-2H3,(H,18,21)/t9-/m1/s1. The fourth-order valence-electron chi connectivity index (χ4n) is 2.69. The van der Waals surface area contributed by atoms with E-state index in [-0.39, 0.29) is 11.2 Å². The fourth-order valence-corrected chi connectivity index (χ4v) is 5.90. The molecule has 0 unspecified atom stereocenters. The highest BCUT2D eigenvalue weighted by molar-refractivity contribution is 8.02. The monoisotopic (exact) mass is 378 g/mol. The Hall–Kier alpha value is -1.43. The summed E-state index contributed by atoms with van der Waals surface area (Å²) in [4.78, 5) is 13.8. The lowest BCUT2D eigenvalue weighted by molar-refractivity contribution is -0.115. The van der Waals surface area contributed by atoms with Crippen LogP contribution >= 0.6 is 34.4 Å². The molecule has 0 spiro atoms. The summed E-state index contributed by atoms with van der Waals surface area (Å²) >= 11 is 4.45. The van der Waals surface area contributed by atoms with Gasteiger partial charge in [0.1, 0.15) is 16.1 Å². The highest BCUT2D eigenvalue weighted by Crippen LogP contribution is 2.37. The Morgan fingerprint density at radius 3 is 2.79 bits per heavy atom. The summed E-state index contributed by atoms with van der Waals surface area (Å²) < 4.78 is 0.789. The SMILES string of the molecule is Cc1nnc(S[C@H](C)C(=O)Nc2sc3c(c2C#N)CCCCC3)s1. The number of carbonyl (C=O) groups is 1. The molecule has 0 aliphatic heterocycles. The molecule has 1 aliphatic rings. The molecule has 0 aromatic carbocycles. The molecule has 2 heterocycles. The normalized spacial score (nSPS) is 15.2. The summed E-state index contributed by atoms with van der Waals surface area (Å²) in [6, 6.07) is 2.30. The minimum Gasteiger partial charge on any atom is -0.316 e. The van der Waals surface area contributed by atoms with E-state index >= 15 is 0 Å². The number of nitriles is 1. The van der Waals surface area contributed by atoms with Crippen LogP contribution in [0, 0.1) is 18.3 Å². The van der Waals surface area contributed by atoms with Crippen LogP contribution in [0.2, 0.25) is 0 Å². The molecule has 5 nitrogen and oxygen atoms in total. The van der Waals surface area contributed by atoms with E-state index in [2.05, 4.69) is 21.6 Å². The topological polar surface area (TPSA) is 78.7 Å². The van der Waals surface area contributed by atoms with Gasteiger partial charge in [0.05, 0.1) is 10.8 Å². The second kappa shape index (κ2) is 7.64. The van der Waals surface area contributed by atoms with Gasteiger partial charge >= 0.3 is 0 Å². The lowest BCUT2D eigenvalue weighted by Gasteiger charge is -2.09. The van der Waals surface area contributed by atoms with Crippen LogP contribution in [-0.2, 0) is 17.6 Å². The lowest BCUT2D eigenvalue weighted by atomic mass is 10.1. The first-order valence-electron chi connectivity index (χ1n) is 7.90. The zero-order valence-electron chi connectivity index (χ0n) is 13.6. The van der Waals surface area contributed by atoms with E-state index < -0.39 is 0 Å². The zero-order valence-corrected chi connectivity index (χ0v) is 16.0.